The first kappa shape index (κ1) is 21.4. The Labute approximate surface area is 185 Å². The van der Waals surface area contributed by atoms with Gasteiger partial charge in [0.2, 0.25) is 0 Å². The van der Waals surface area contributed by atoms with Crippen molar-refractivity contribution in [3.8, 4) is 5.75 Å². The van der Waals surface area contributed by atoms with Crippen LogP contribution in [0.2, 0.25) is 0 Å². The number of para-hydroxylation sites is 1. The Bertz CT molecular complexity index is 1040. The van der Waals surface area contributed by atoms with Crippen molar-refractivity contribution in [3.05, 3.63) is 71.3 Å². The molecule has 0 saturated heterocycles. The number of hydrogen-bond donors (Lipinski definition) is 1. The Hall–Kier alpha value is -2.87. The normalized spacial score (nSPS) is 15.0. The maximum Gasteiger partial charge on any atom is 0.261 e. The van der Waals surface area contributed by atoms with Crippen LogP contribution in [0, 0.1) is 11.7 Å². The summed E-state index contributed by atoms with van der Waals surface area (Å²) in [4.78, 5) is 12.6. The van der Waals surface area contributed by atoms with E-state index < -0.39 is 6.10 Å². The van der Waals surface area contributed by atoms with Crippen LogP contribution in [0.1, 0.15) is 30.8 Å². The molecule has 0 aliphatic carbocycles. The number of halogens is 1. The van der Waals surface area contributed by atoms with E-state index in [4.69, 9.17) is 4.74 Å². The minimum Gasteiger partial charge on any atom is -0.480 e. The second kappa shape index (κ2) is 9.51. The maximum atomic E-state index is 13.9. The summed E-state index contributed by atoms with van der Waals surface area (Å²) in [5.74, 6) is 1.87. The van der Waals surface area contributed by atoms with Crippen molar-refractivity contribution in [3.63, 3.8) is 0 Å². The number of ether oxygens (including phenoxy) is 1. The molecule has 1 aliphatic rings. The number of nitrogens with one attached hydrogen (secondary N) is 1. The average molecular weight is 441 g/mol. The molecule has 0 saturated carbocycles. The largest absolute Gasteiger partial charge is 0.480 e. The minimum atomic E-state index is -0.534. The van der Waals surface area contributed by atoms with Gasteiger partial charge in [-0.15, -0.1) is 10.2 Å². The van der Waals surface area contributed by atoms with Crippen molar-refractivity contribution >= 4 is 17.7 Å². The fourth-order valence-electron chi connectivity index (χ4n) is 3.47. The van der Waals surface area contributed by atoms with Crippen molar-refractivity contribution < 1.29 is 13.9 Å². The molecule has 0 radical (unpaired) electrons. The van der Waals surface area contributed by atoms with Crippen LogP contribution in [0.3, 0.4) is 0 Å². The average Bonchev–Trinajstić information content (AvgIpc) is 3.35. The number of nitrogens with zero attached hydrogens (tertiary/aromatic N) is 3. The van der Waals surface area contributed by atoms with Crippen LogP contribution >= 0.6 is 11.8 Å². The first-order valence-corrected chi connectivity index (χ1v) is 11.3. The van der Waals surface area contributed by atoms with Gasteiger partial charge in [0.25, 0.3) is 5.91 Å². The molecule has 1 aliphatic heterocycles. The predicted molar refractivity (Wildman–Crippen MR) is 117 cm³/mol. The van der Waals surface area contributed by atoms with Crippen LogP contribution in [0.15, 0.2) is 53.7 Å². The topological polar surface area (TPSA) is 69.0 Å². The number of aromatic nitrogens is 3. The minimum absolute atomic E-state index is 0.171. The summed E-state index contributed by atoms with van der Waals surface area (Å²) in [6, 6.07) is 14.4. The van der Waals surface area contributed by atoms with Gasteiger partial charge in [-0.05, 0) is 29.2 Å². The van der Waals surface area contributed by atoms with E-state index in [1.54, 1.807) is 12.1 Å². The zero-order chi connectivity index (χ0) is 21.8. The molecule has 162 valence electrons. The summed E-state index contributed by atoms with van der Waals surface area (Å²) in [5.41, 5.74) is 1.66. The molecular weight excluding hydrogens is 415 g/mol. The number of hydrogen-bond acceptors (Lipinski definition) is 5. The van der Waals surface area contributed by atoms with E-state index >= 15 is 0 Å². The molecule has 3 aromatic rings. The van der Waals surface area contributed by atoms with Gasteiger partial charge in [0.1, 0.15) is 11.6 Å². The lowest BCUT2D eigenvalue weighted by molar-refractivity contribution is -0.127. The number of carbonyl (C=O) groups is 1. The summed E-state index contributed by atoms with van der Waals surface area (Å²) < 4.78 is 21.7. The molecule has 1 atom stereocenters. The molecule has 6 nitrogen and oxygen atoms in total. The van der Waals surface area contributed by atoms with E-state index in [1.165, 1.54) is 17.8 Å². The third-order valence-electron chi connectivity index (χ3n) is 5.02. The number of benzene rings is 2. The molecule has 8 heteroatoms. The van der Waals surface area contributed by atoms with E-state index in [2.05, 4.69) is 29.4 Å². The first-order chi connectivity index (χ1) is 15.0. The highest BCUT2D eigenvalue weighted by Crippen LogP contribution is 2.28. The summed E-state index contributed by atoms with van der Waals surface area (Å²) in [7, 11) is 0. The lowest BCUT2D eigenvalue weighted by atomic mass is 10.1. The molecule has 0 fully saturated rings. The Balaban J connectivity index is 1.41. The lowest BCUT2D eigenvalue weighted by Gasteiger charge is -2.14. The van der Waals surface area contributed by atoms with E-state index in [0.717, 1.165) is 11.3 Å². The SMILES string of the molecule is CC(C)Cn1c(CNC(=O)[C@@H]2Cc3ccccc3O2)nnc1SCc1ccccc1F. The van der Waals surface area contributed by atoms with Crippen LogP contribution in [-0.4, -0.2) is 26.8 Å². The lowest BCUT2D eigenvalue weighted by Crippen LogP contribution is -2.37. The number of amides is 1. The fraction of sp³-hybridized carbons (Fsp3) is 0.348. The van der Waals surface area contributed by atoms with Crippen LogP contribution in [0.4, 0.5) is 4.39 Å². The molecule has 1 amide bonds. The van der Waals surface area contributed by atoms with Crippen molar-refractivity contribution in [2.75, 3.05) is 0 Å². The molecule has 0 unspecified atom stereocenters. The first-order valence-electron chi connectivity index (χ1n) is 10.3. The van der Waals surface area contributed by atoms with Crippen LogP contribution in [-0.2, 0) is 30.1 Å². The predicted octanol–water partition coefficient (Wildman–Crippen LogP) is 3.99. The Morgan fingerprint density at radius 1 is 1.23 bits per heavy atom. The number of rotatable bonds is 8. The second-order valence-corrected chi connectivity index (χ2v) is 8.86. The zero-order valence-electron chi connectivity index (χ0n) is 17.5. The van der Waals surface area contributed by atoms with E-state index in [9.17, 15) is 9.18 Å². The zero-order valence-corrected chi connectivity index (χ0v) is 18.4. The van der Waals surface area contributed by atoms with Gasteiger partial charge < -0.3 is 14.6 Å². The number of carbonyl (C=O) groups excluding carboxylic acids is 1. The van der Waals surface area contributed by atoms with Crippen LogP contribution in [0.25, 0.3) is 0 Å². The molecular formula is C23H25FN4O2S. The van der Waals surface area contributed by atoms with E-state index in [-0.39, 0.29) is 18.3 Å². The second-order valence-electron chi connectivity index (χ2n) is 7.92. The molecule has 0 bridgehead atoms. The fourth-order valence-corrected chi connectivity index (χ4v) is 4.42. The summed E-state index contributed by atoms with van der Waals surface area (Å²) in [5, 5.41) is 12.2. The highest BCUT2D eigenvalue weighted by molar-refractivity contribution is 7.98. The van der Waals surface area contributed by atoms with Crippen LogP contribution < -0.4 is 10.1 Å². The Kier molecular flexibility index (Phi) is 6.56. The molecule has 31 heavy (non-hydrogen) atoms. The van der Waals surface area contributed by atoms with Gasteiger partial charge in [-0.1, -0.05) is 62.0 Å². The quantitative estimate of drug-likeness (QED) is 0.537. The summed E-state index contributed by atoms with van der Waals surface area (Å²) in [6.07, 6.45) is 0.0264. The van der Waals surface area contributed by atoms with Gasteiger partial charge in [0.05, 0.1) is 6.54 Å². The molecule has 2 aromatic carbocycles. The summed E-state index contributed by atoms with van der Waals surface area (Å²) in [6.45, 7) is 5.19. The van der Waals surface area contributed by atoms with E-state index in [0.29, 0.717) is 41.2 Å². The van der Waals surface area contributed by atoms with Crippen molar-refractivity contribution in [2.24, 2.45) is 5.92 Å². The highest BCUT2D eigenvalue weighted by Gasteiger charge is 2.29. The van der Waals surface area contributed by atoms with Gasteiger partial charge in [0, 0.05) is 18.7 Å². The Morgan fingerprint density at radius 3 is 2.77 bits per heavy atom. The van der Waals surface area contributed by atoms with Crippen molar-refractivity contribution in [2.45, 2.75) is 50.4 Å². The molecule has 4 rings (SSSR count). The van der Waals surface area contributed by atoms with Crippen LogP contribution in [0.5, 0.6) is 5.75 Å². The maximum absolute atomic E-state index is 13.9. The third-order valence-corrected chi connectivity index (χ3v) is 6.03. The van der Waals surface area contributed by atoms with Gasteiger partial charge >= 0.3 is 0 Å². The van der Waals surface area contributed by atoms with Gasteiger partial charge in [-0.2, -0.15) is 0 Å². The van der Waals surface area contributed by atoms with Gasteiger partial charge in [-0.25, -0.2) is 4.39 Å². The number of thioether (sulfide) groups is 1. The van der Waals surface area contributed by atoms with Crippen molar-refractivity contribution in [1.29, 1.82) is 0 Å². The molecule has 0 spiro atoms. The smallest absolute Gasteiger partial charge is 0.261 e. The van der Waals surface area contributed by atoms with Gasteiger partial charge in [0.15, 0.2) is 17.1 Å². The number of fused-ring (bicyclic) bond motifs is 1. The van der Waals surface area contributed by atoms with Crippen molar-refractivity contribution in [1.82, 2.24) is 20.1 Å². The van der Waals surface area contributed by atoms with E-state index in [1.807, 2.05) is 34.9 Å². The molecule has 1 aromatic heterocycles. The molecule has 2 heterocycles. The standard InChI is InChI=1S/C23H25FN4O2S/c1-15(2)13-28-21(26-27-23(28)31-14-17-8-3-5-9-18(17)24)12-25-22(29)20-11-16-7-4-6-10-19(16)30-20/h3-10,15,20H,11-14H2,1-2H3,(H,25,29)/t20-/m0/s1. The highest BCUT2D eigenvalue weighted by atomic mass is 32.2. The third kappa shape index (κ3) is 5.07. The molecule has 1 N–H and O–H groups in total. The Morgan fingerprint density at radius 2 is 2.00 bits per heavy atom. The summed E-state index contributed by atoms with van der Waals surface area (Å²) >= 11 is 1.44. The van der Waals surface area contributed by atoms with Gasteiger partial charge in [-0.3, -0.25) is 4.79 Å². The monoisotopic (exact) mass is 440 g/mol.